The molecule has 16 heavy (non-hydrogen) atoms. The van der Waals surface area contributed by atoms with Crippen LogP contribution in [0.15, 0.2) is 38.1 Å². The van der Waals surface area contributed by atoms with Gasteiger partial charge in [0.15, 0.2) is 0 Å². The van der Waals surface area contributed by atoms with Crippen LogP contribution in [-0.2, 0) is 0 Å². The summed E-state index contributed by atoms with van der Waals surface area (Å²) in [5.41, 5.74) is 1.02. The van der Waals surface area contributed by atoms with Gasteiger partial charge >= 0.3 is 0 Å². The summed E-state index contributed by atoms with van der Waals surface area (Å²) in [6, 6.07) is 0. The maximum Gasteiger partial charge on any atom is 0.109 e. The number of hydrogen-bond acceptors (Lipinski definition) is 2. The van der Waals surface area contributed by atoms with Crippen molar-refractivity contribution < 1.29 is 0 Å². The van der Waals surface area contributed by atoms with Crippen molar-refractivity contribution >= 4 is 12.4 Å². The Morgan fingerprint density at radius 1 is 1.19 bits per heavy atom. The third-order valence-corrected chi connectivity index (χ3v) is 2.00. The van der Waals surface area contributed by atoms with Crippen molar-refractivity contribution in [1.29, 1.82) is 0 Å². The van der Waals surface area contributed by atoms with Crippen molar-refractivity contribution in [1.82, 2.24) is 19.1 Å². The molecule has 4 nitrogen and oxygen atoms in total. The summed E-state index contributed by atoms with van der Waals surface area (Å²) in [5, 5.41) is 0. The maximum atomic E-state index is 3.98. The summed E-state index contributed by atoms with van der Waals surface area (Å²) in [6.45, 7) is 11.0. The van der Waals surface area contributed by atoms with Gasteiger partial charge in [0.2, 0.25) is 0 Å². The fraction of sp³-hybridized carbons (Fsp3) is 0.167. The number of aromatic nitrogens is 4. The SMILES string of the molecule is C=Cn1ccnc1C.C=Cn1cnc(C)c1. The molecule has 2 aromatic heterocycles. The Hall–Kier alpha value is -2.10. The van der Waals surface area contributed by atoms with Gasteiger partial charge in [0, 0.05) is 31.0 Å². The molecule has 0 aliphatic carbocycles. The number of nitrogens with zero attached hydrogens (tertiary/aromatic N) is 4. The molecule has 0 amide bonds. The van der Waals surface area contributed by atoms with Gasteiger partial charge in [-0.3, -0.25) is 0 Å². The van der Waals surface area contributed by atoms with E-state index < -0.39 is 0 Å². The zero-order chi connectivity index (χ0) is 12.0. The fourth-order valence-electron chi connectivity index (χ4n) is 1.12. The first kappa shape index (κ1) is 12.0. The number of rotatable bonds is 2. The average Bonchev–Trinajstić information content (AvgIpc) is 2.87. The Morgan fingerprint density at radius 3 is 2.19 bits per heavy atom. The predicted octanol–water partition coefficient (Wildman–Crippen LogP) is 2.58. The van der Waals surface area contributed by atoms with Gasteiger partial charge in [0.1, 0.15) is 5.82 Å². The molecule has 0 fully saturated rings. The lowest BCUT2D eigenvalue weighted by Gasteiger charge is -1.90. The lowest BCUT2D eigenvalue weighted by atomic mass is 10.6. The van der Waals surface area contributed by atoms with E-state index in [2.05, 4.69) is 23.1 Å². The summed E-state index contributed by atoms with van der Waals surface area (Å²) in [6.07, 6.45) is 10.7. The van der Waals surface area contributed by atoms with Crippen molar-refractivity contribution in [3.63, 3.8) is 0 Å². The summed E-state index contributed by atoms with van der Waals surface area (Å²) >= 11 is 0. The first-order valence-corrected chi connectivity index (χ1v) is 4.92. The van der Waals surface area contributed by atoms with Gasteiger partial charge < -0.3 is 9.13 Å². The molecule has 0 saturated carbocycles. The molecule has 0 saturated heterocycles. The van der Waals surface area contributed by atoms with Gasteiger partial charge in [0.05, 0.1) is 12.0 Å². The molecule has 84 valence electrons. The van der Waals surface area contributed by atoms with Crippen LogP contribution in [0.25, 0.3) is 12.4 Å². The molecule has 0 spiro atoms. The zero-order valence-corrected chi connectivity index (χ0v) is 9.67. The van der Waals surface area contributed by atoms with E-state index in [0.717, 1.165) is 11.5 Å². The number of hydrogen-bond donors (Lipinski definition) is 0. The van der Waals surface area contributed by atoms with Crippen LogP contribution in [0, 0.1) is 13.8 Å². The third kappa shape index (κ3) is 3.24. The van der Waals surface area contributed by atoms with Gasteiger partial charge in [-0.25, -0.2) is 9.97 Å². The molecule has 0 aliphatic rings. The summed E-state index contributed by atoms with van der Waals surface area (Å²) in [7, 11) is 0. The second kappa shape index (κ2) is 5.70. The van der Waals surface area contributed by atoms with E-state index in [0.29, 0.717) is 0 Å². The number of imidazole rings is 2. The van der Waals surface area contributed by atoms with Gasteiger partial charge in [0.25, 0.3) is 0 Å². The van der Waals surface area contributed by atoms with Crippen LogP contribution < -0.4 is 0 Å². The molecule has 2 rings (SSSR count). The highest BCUT2D eigenvalue weighted by Crippen LogP contribution is 1.92. The molecule has 0 aromatic carbocycles. The standard InChI is InChI=1S/2C6H8N2/c1-3-8-4-6(2)7-5-8;1-3-8-5-4-7-6(8)2/h2*3-5H,1H2,2H3. The Morgan fingerprint density at radius 2 is 1.94 bits per heavy atom. The molecular formula is C12H16N4. The lowest BCUT2D eigenvalue weighted by molar-refractivity contribution is 1.03. The monoisotopic (exact) mass is 216 g/mol. The highest BCUT2D eigenvalue weighted by Gasteiger charge is 1.86. The molecule has 0 N–H and O–H groups in total. The Bertz CT molecular complexity index is 465. The largest absolute Gasteiger partial charge is 0.313 e. The molecule has 0 atom stereocenters. The van der Waals surface area contributed by atoms with Crippen molar-refractivity contribution in [2.24, 2.45) is 0 Å². The van der Waals surface area contributed by atoms with Crippen LogP contribution in [0.1, 0.15) is 11.5 Å². The van der Waals surface area contributed by atoms with Crippen molar-refractivity contribution in [2.45, 2.75) is 13.8 Å². The van der Waals surface area contributed by atoms with E-state index >= 15 is 0 Å². The molecular weight excluding hydrogens is 200 g/mol. The first-order chi connectivity index (χ1) is 7.67. The van der Waals surface area contributed by atoms with Crippen LogP contribution >= 0.6 is 0 Å². The molecule has 0 bridgehead atoms. The molecule has 4 heteroatoms. The summed E-state index contributed by atoms with van der Waals surface area (Å²) < 4.78 is 3.68. The second-order valence-electron chi connectivity index (χ2n) is 3.21. The molecule has 2 heterocycles. The first-order valence-electron chi connectivity index (χ1n) is 4.92. The highest BCUT2D eigenvalue weighted by molar-refractivity contribution is 5.18. The molecule has 0 aliphatic heterocycles. The van der Waals surface area contributed by atoms with Gasteiger partial charge in [-0.05, 0) is 13.8 Å². The minimum absolute atomic E-state index is 0.972. The Balaban J connectivity index is 0.000000160. The highest BCUT2D eigenvalue weighted by atomic mass is 15.0. The quantitative estimate of drug-likeness (QED) is 0.773. The molecule has 0 radical (unpaired) electrons. The Labute approximate surface area is 95.6 Å². The van der Waals surface area contributed by atoms with Crippen LogP contribution in [0.3, 0.4) is 0 Å². The van der Waals surface area contributed by atoms with Gasteiger partial charge in [-0.15, -0.1) is 0 Å². The van der Waals surface area contributed by atoms with Crippen LogP contribution in [-0.4, -0.2) is 19.1 Å². The maximum absolute atomic E-state index is 3.98. The van der Waals surface area contributed by atoms with Crippen molar-refractivity contribution in [2.75, 3.05) is 0 Å². The topological polar surface area (TPSA) is 35.6 Å². The minimum atomic E-state index is 0.972. The van der Waals surface area contributed by atoms with E-state index in [1.165, 1.54) is 0 Å². The van der Waals surface area contributed by atoms with E-state index in [1.54, 1.807) is 24.9 Å². The lowest BCUT2D eigenvalue weighted by Crippen LogP contribution is -1.84. The third-order valence-electron chi connectivity index (χ3n) is 2.00. The van der Waals surface area contributed by atoms with Gasteiger partial charge in [-0.2, -0.15) is 0 Å². The van der Waals surface area contributed by atoms with E-state index in [9.17, 15) is 0 Å². The molecule has 2 aromatic rings. The number of aryl methyl sites for hydroxylation is 2. The average molecular weight is 216 g/mol. The van der Waals surface area contributed by atoms with Crippen LogP contribution in [0.2, 0.25) is 0 Å². The summed E-state index contributed by atoms with van der Waals surface area (Å²) in [5.74, 6) is 0.972. The van der Waals surface area contributed by atoms with Crippen molar-refractivity contribution in [3.05, 3.63) is 49.6 Å². The van der Waals surface area contributed by atoms with E-state index in [1.807, 2.05) is 35.4 Å². The van der Waals surface area contributed by atoms with Crippen LogP contribution in [0.5, 0.6) is 0 Å². The molecule has 0 unspecified atom stereocenters. The predicted molar refractivity (Wildman–Crippen MR) is 66.7 cm³/mol. The Kier molecular flexibility index (Phi) is 4.27. The second-order valence-corrected chi connectivity index (χ2v) is 3.21. The zero-order valence-electron chi connectivity index (χ0n) is 9.67. The normalized spacial score (nSPS) is 9.12. The van der Waals surface area contributed by atoms with Crippen LogP contribution in [0.4, 0.5) is 0 Å². The van der Waals surface area contributed by atoms with Gasteiger partial charge in [-0.1, -0.05) is 13.2 Å². The smallest absolute Gasteiger partial charge is 0.109 e. The fourth-order valence-corrected chi connectivity index (χ4v) is 1.12. The van der Waals surface area contributed by atoms with E-state index in [-0.39, 0.29) is 0 Å². The van der Waals surface area contributed by atoms with E-state index in [4.69, 9.17) is 0 Å². The van der Waals surface area contributed by atoms with Crippen molar-refractivity contribution in [3.8, 4) is 0 Å². The minimum Gasteiger partial charge on any atom is -0.313 e. The summed E-state index contributed by atoms with van der Waals surface area (Å²) in [4.78, 5) is 7.96.